The molecule has 0 bridgehead atoms. The molecule has 0 aliphatic carbocycles. The van der Waals surface area contributed by atoms with E-state index in [2.05, 4.69) is 24.8 Å². The van der Waals surface area contributed by atoms with Crippen LogP contribution in [0.15, 0.2) is 11.3 Å². The third-order valence-corrected chi connectivity index (χ3v) is 1.36. The highest BCUT2D eigenvalue weighted by atomic mass is 32.1. The van der Waals surface area contributed by atoms with Crippen LogP contribution in [0.4, 0.5) is 0 Å². The minimum absolute atomic E-state index is 0.0764. The molecule has 0 amide bonds. The monoisotopic (exact) mass is 176 g/mol. The summed E-state index contributed by atoms with van der Waals surface area (Å²) >= 11 is 8.36. The summed E-state index contributed by atoms with van der Waals surface area (Å²) in [7, 11) is 0. The van der Waals surface area contributed by atoms with Crippen molar-refractivity contribution < 1.29 is 9.90 Å². The number of aliphatic hydroxyl groups excluding tert-OH is 1. The van der Waals surface area contributed by atoms with Crippen LogP contribution in [-0.4, -0.2) is 15.1 Å². The lowest BCUT2D eigenvalue weighted by molar-refractivity contribution is -0.113. The largest absolute Gasteiger partial charge is 0.512 e. The molecule has 0 unspecified atom stereocenters. The molecule has 0 spiro atoms. The molecule has 4 heteroatoms. The lowest BCUT2D eigenvalue weighted by Crippen LogP contribution is -2.05. The Morgan fingerprint density at radius 2 is 1.90 bits per heavy atom. The van der Waals surface area contributed by atoms with Crippen molar-refractivity contribution in [2.45, 2.75) is 13.8 Å². The van der Waals surface area contributed by atoms with Crippen LogP contribution in [0.5, 0.6) is 0 Å². The number of ketones is 1. The first-order valence-corrected chi connectivity index (χ1v) is 3.46. The lowest BCUT2D eigenvalue weighted by atomic mass is 10.2. The van der Waals surface area contributed by atoms with E-state index in [1.165, 1.54) is 13.8 Å². The fourth-order valence-corrected chi connectivity index (χ4v) is 1.17. The zero-order chi connectivity index (χ0) is 8.31. The molecule has 0 aliphatic rings. The van der Waals surface area contributed by atoms with Crippen LogP contribution in [0, 0.1) is 0 Å². The van der Waals surface area contributed by atoms with E-state index < -0.39 is 0 Å². The van der Waals surface area contributed by atoms with Gasteiger partial charge in [-0.25, -0.2) is 0 Å². The molecule has 0 atom stereocenters. The van der Waals surface area contributed by atoms with Crippen LogP contribution < -0.4 is 0 Å². The molecule has 0 aliphatic heterocycles. The Morgan fingerprint density at radius 1 is 1.50 bits per heavy atom. The summed E-state index contributed by atoms with van der Waals surface area (Å²) in [4.78, 5) is 10.7. The molecule has 2 nitrogen and oxygen atoms in total. The van der Waals surface area contributed by atoms with Gasteiger partial charge in [0.15, 0.2) is 5.78 Å². The van der Waals surface area contributed by atoms with Crippen LogP contribution in [0.3, 0.4) is 0 Å². The van der Waals surface area contributed by atoms with Crippen molar-refractivity contribution in [2.75, 3.05) is 0 Å². The van der Waals surface area contributed by atoms with Gasteiger partial charge >= 0.3 is 0 Å². The summed E-state index contributed by atoms with van der Waals surface area (Å²) in [5, 5.41) is 8.88. The zero-order valence-electron chi connectivity index (χ0n) is 5.71. The molecular formula is C6H8O2S2. The van der Waals surface area contributed by atoms with E-state index in [0.717, 1.165) is 0 Å². The second-order valence-electron chi connectivity index (χ2n) is 1.82. The summed E-state index contributed by atoms with van der Waals surface area (Å²) in [6.45, 7) is 2.73. The van der Waals surface area contributed by atoms with E-state index in [1.54, 1.807) is 0 Å². The van der Waals surface area contributed by atoms with Crippen molar-refractivity contribution >= 4 is 34.8 Å². The second-order valence-corrected chi connectivity index (χ2v) is 2.98. The normalized spacial score (nSPS) is 12.3. The van der Waals surface area contributed by atoms with Crippen molar-refractivity contribution in [1.29, 1.82) is 0 Å². The quantitative estimate of drug-likeness (QED) is 0.291. The Kier molecular flexibility index (Phi) is 3.60. The highest BCUT2D eigenvalue weighted by molar-refractivity contribution is 8.12. The van der Waals surface area contributed by atoms with E-state index >= 15 is 0 Å². The summed E-state index contributed by atoms with van der Waals surface area (Å²) in [5.41, 5.74) is 0.123. The SMILES string of the molecule is CC(=O)/C(C(=S)S)=C(/C)O. The Balaban J connectivity index is 4.79. The molecule has 0 fully saturated rings. The average molecular weight is 176 g/mol. The van der Waals surface area contributed by atoms with Gasteiger partial charge in [-0.05, 0) is 13.8 Å². The van der Waals surface area contributed by atoms with Crippen molar-refractivity contribution in [3.05, 3.63) is 11.3 Å². The van der Waals surface area contributed by atoms with Gasteiger partial charge in [0.25, 0.3) is 0 Å². The number of rotatable bonds is 2. The van der Waals surface area contributed by atoms with E-state index in [9.17, 15) is 4.79 Å². The maximum absolute atomic E-state index is 10.7. The molecule has 0 aromatic rings. The predicted molar refractivity (Wildman–Crippen MR) is 47.6 cm³/mol. The summed E-state index contributed by atoms with van der Waals surface area (Å²) < 4.78 is 0.132. The maximum Gasteiger partial charge on any atom is 0.165 e. The molecule has 0 rings (SSSR count). The van der Waals surface area contributed by atoms with Gasteiger partial charge in [0.1, 0.15) is 5.76 Å². The molecule has 0 aromatic carbocycles. The first kappa shape index (κ1) is 9.65. The minimum Gasteiger partial charge on any atom is -0.512 e. The Hall–Kier alpha value is -0.350. The minimum atomic E-state index is -0.264. The van der Waals surface area contributed by atoms with E-state index in [1.807, 2.05) is 0 Å². The number of thiol groups is 1. The first-order valence-electron chi connectivity index (χ1n) is 2.61. The number of hydrogen-bond donors (Lipinski definition) is 2. The molecule has 0 saturated carbocycles. The van der Waals surface area contributed by atoms with E-state index in [4.69, 9.17) is 5.11 Å². The first-order chi connectivity index (χ1) is 4.46. The van der Waals surface area contributed by atoms with Gasteiger partial charge in [0.2, 0.25) is 0 Å². The van der Waals surface area contributed by atoms with E-state index in [0.29, 0.717) is 0 Å². The number of thiocarbonyl (C=S) groups is 1. The molecular weight excluding hydrogens is 168 g/mol. The van der Waals surface area contributed by atoms with Crippen molar-refractivity contribution in [3.63, 3.8) is 0 Å². The van der Waals surface area contributed by atoms with Gasteiger partial charge in [0, 0.05) is 0 Å². The lowest BCUT2D eigenvalue weighted by Gasteiger charge is -1.99. The molecule has 56 valence electrons. The number of carbonyl (C=O) groups excluding carboxylic acids is 1. The second kappa shape index (κ2) is 3.73. The van der Waals surface area contributed by atoms with E-state index in [-0.39, 0.29) is 21.3 Å². The van der Waals surface area contributed by atoms with Crippen LogP contribution in [0.2, 0.25) is 0 Å². The Morgan fingerprint density at radius 3 is 1.90 bits per heavy atom. The Labute approximate surface area is 70.3 Å². The Bertz CT molecular complexity index is 186. The molecule has 0 aromatic heterocycles. The third-order valence-electron chi connectivity index (χ3n) is 0.928. The molecule has 1 N–H and O–H groups in total. The van der Waals surface area contributed by atoms with Gasteiger partial charge < -0.3 is 5.11 Å². The molecule has 0 radical (unpaired) electrons. The summed E-state index contributed by atoms with van der Waals surface area (Å²) in [6.07, 6.45) is 0. The van der Waals surface area contributed by atoms with Crippen LogP contribution >= 0.6 is 24.8 Å². The number of aliphatic hydroxyl groups is 1. The number of allylic oxidation sites excluding steroid dienone is 1. The number of Topliss-reactive ketones (excluding diaryl/α,β-unsaturated/α-hetero) is 1. The third kappa shape index (κ3) is 2.49. The standard InChI is InChI=1S/C6H8O2S2/c1-3(7)5(4(2)8)6(9)10/h7H,1-2H3,(H,9,10)/b5-3+. The summed E-state index contributed by atoms with van der Waals surface area (Å²) in [5.74, 6) is -0.340. The van der Waals surface area contributed by atoms with Gasteiger partial charge in [-0.2, -0.15) is 0 Å². The highest BCUT2D eigenvalue weighted by Crippen LogP contribution is 2.07. The average Bonchev–Trinajstić information content (AvgIpc) is 1.59. The van der Waals surface area contributed by atoms with Crippen LogP contribution in [-0.2, 0) is 4.79 Å². The van der Waals surface area contributed by atoms with Crippen molar-refractivity contribution in [2.24, 2.45) is 0 Å². The van der Waals surface area contributed by atoms with Gasteiger partial charge in [-0.15, -0.1) is 12.6 Å². The molecule has 10 heavy (non-hydrogen) atoms. The highest BCUT2D eigenvalue weighted by Gasteiger charge is 2.09. The molecule has 0 heterocycles. The predicted octanol–water partition coefficient (Wildman–Crippen LogP) is 1.66. The smallest absolute Gasteiger partial charge is 0.165 e. The maximum atomic E-state index is 10.7. The number of carbonyl (C=O) groups is 1. The zero-order valence-corrected chi connectivity index (χ0v) is 7.42. The summed E-state index contributed by atoms with van der Waals surface area (Å²) in [6, 6.07) is 0. The van der Waals surface area contributed by atoms with Crippen molar-refractivity contribution in [3.8, 4) is 0 Å². The van der Waals surface area contributed by atoms with Gasteiger partial charge in [0.05, 0.1) is 9.77 Å². The topological polar surface area (TPSA) is 37.3 Å². The van der Waals surface area contributed by atoms with Crippen LogP contribution in [0.1, 0.15) is 13.8 Å². The molecule has 0 saturated heterocycles. The van der Waals surface area contributed by atoms with Crippen molar-refractivity contribution in [1.82, 2.24) is 0 Å². The fraction of sp³-hybridized carbons (Fsp3) is 0.333. The van der Waals surface area contributed by atoms with Gasteiger partial charge in [-0.1, -0.05) is 12.2 Å². The van der Waals surface area contributed by atoms with Crippen LogP contribution in [0.25, 0.3) is 0 Å². The van der Waals surface area contributed by atoms with Gasteiger partial charge in [-0.3, -0.25) is 4.79 Å². The number of hydrogen-bond acceptors (Lipinski definition) is 3. The fourth-order valence-electron chi connectivity index (χ4n) is 0.560.